The molecular weight excluding hydrogens is 376 g/mol. The van der Waals surface area contributed by atoms with Crippen molar-refractivity contribution in [3.05, 3.63) is 63.1 Å². The van der Waals surface area contributed by atoms with Crippen molar-refractivity contribution in [3.8, 4) is 0 Å². The maximum absolute atomic E-state index is 12.0. The lowest BCUT2D eigenvalue weighted by Crippen LogP contribution is -2.18. The first-order chi connectivity index (χ1) is 9.88. The fraction of sp³-hybridized carbons (Fsp3) is 0.0714. The largest absolute Gasteiger partial charge is 0.276 e. The first-order valence-corrected chi connectivity index (χ1v) is 8.60. The van der Waals surface area contributed by atoms with Gasteiger partial charge in [0.25, 0.3) is 10.0 Å². The van der Waals surface area contributed by atoms with Crippen molar-refractivity contribution in [2.45, 2.75) is 11.8 Å². The normalized spacial score (nSPS) is 11.8. The summed E-state index contributed by atoms with van der Waals surface area (Å²) in [6.45, 7) is 1.89. The molecule has 0 spiro atoms. The Balaban J connectivity index is 2.14. The number of nitrogens with one attached hydrogen (secondary N) is 1. The van der Waals surface area contributed by atoms with E-state index in [2.05, 4.69) is 25.9 Å². The number of nitrogens with zero attached hydrogens (tertiary/aromatic N) is 1. The number of hydrazone groups is 1. The molecule has 7 heteroatoms. The summed E-state index contributed by atoms with van der Waals surface area (Å²) in [6, 6.07) is 11.7. The van der Waals surface area contributed by atoms with E-state index in [1.807, 2.05) is 6.92 Å². The number of benzene rings is 2. The van der Waals surface area contributed by atoms with Crippen LogP contribution >= 0.6 is 27.5 Å². The molecule has 0 radical (unpaired) electrons. The molecule has 21 heavy (non-hydrogen) atoms. The highest BCUT2D eigenvalue weighted by Gasteiger charge is 2.11. The van der Waals surface area contributed by atoms with Crippen molar-refractivity contribution >= 4 is 43.8 Å². The fourth-order valence-electron chi connectivity index (χ4n) is 1.54. The zero-order valence-corrected chi connectivity index (χ0v) is 14.2. The fourth-order valence-corrected chi connectivity index (χ4v) is 3.12. The minimum atomic E-state index is -3.66. The predicted molar refractivity (Wildman–Crippen MR) is 88.2 cm³/mol. The van der Waals surface area contributed by atoms with Crippen LogP contribution in [0.25, 0.3) is 0 Å². The highest BCUT2D eigenvalue weighted by atomic mass is 79.9. The Morgan fingerprint density at radius 3 is 2.48 bits per heavy atom. The zero-order valence-electron chi connectivity index (χ0n) is 11.0. The van der Waals surface area contributed by atoms with Gasteiger partial charge in [0.15, 0.2) is 0 Å². The van der Waals surface area contributed by atoms with Gasteiger partial charge in [-0.25, -0.2) is 4.83 Å². The number of hydrogen-bond donors (Lipinski definition) is 1. The molecule has 0 fully saturated rings. The SMILES string of the molecule is Cc1ccc(S(=O)(=O)N/N=C/c2ccc(Cl)cc2Br)cc1. The van der Waals surface area contributed by atoms with E-state index in [0.29, 0.717) is 10.6 Å². The van der Waals surface area contributed by atoms with E-state index in [-0.39, 0.29) is 4.90 Å². The molecule has 0 saturated carbocycles. The summed E-state index contributed by atoms with van der Waals surface area (Å²) >= 11 is 9.16. The first kappa shape index (κ1) is 16.0. The standard InChI is InChI=1S/C14H12BrClN2O2S/c1-10-2-6-13(7-3-10)21(19,20)18-17-9-11-4-5-12(16)8-14(11)15/h2-9,18H,1H3/b17-9+. The summed E-state index contributed by atoms with van der Waals surface area (Å²) < 4.78 is 24.8. The van der Waals surface area contributed by atoms with Gasteiger partial charge in [0, 0.05) is 15.1 Å². The first-order valence-electron chi connectivity index (χ1n) is 5.95. The zero-order chi connectivity index (χ0) is 15.5. The van der Waals surface area contributed by atoms with E-state index < -0.39 is 10.0 Å². The van der Waals surface area contributed by atoms with Crippen LogP contribution in [-0.4, -0.2) is 14.6 Å². The van der Waals surface area contributed by atoms with E-state index in [1.165, 1.54) is 18.3 Å². The molecule has 0 aliphatic heterocycles. The second-order valence-corrected chi connectivity index (χ2v) is 7.28. The Kier molecular flexibility index (Phi) is 5.03. The van der Waals surface area contributed by atoms with Gasteiger partial charge in [-0.3, -0.25) is 0 Å². The predicted octanol–water partition coefficient (Wildman–Crippen LogP) is 3.72. The van der Waals surface area contributed by atoms with Crippen molar-refractivity contribution in [1.82, 2.24) is 4.83 Å². The Labute approximate surface area is 137 Å². The van der Waals surface area contributed by atoms with Gasteiger partial charge in [0.05, 0.1) is 11.1 Å². The summed E-state index contributed by atoms with van der Waals surface area (Å²) in [5.74, 6) is 0. The van der Waals surface area contributed by atoms with Crippen molar-refractivity contribution in [2.75, 3.05) is 0 Å². The summed E-state index contributed by atoms with van der Waals surface area (Å²) in [6.07, 6.45) is 1.41. The molecule has 2 aromatic rings. The Hall–Kier alpha value is -1.37. The molecule has 2 rings (SSSR count). The summed E-state index contributed by atoms with van der Waals surface area (Å²) in [4.78, 5) is 2.34. The van der Waals surface area contributed by atoms with Gasteiger partial charge in [0.1, 0.15) is 0 Å². The van der Waals surface area contributed by atoms with Crippen LogP contribution in [0, 0.1) is 6.92 Å². The molecule has 0 atom stereocenters. The molecule has 1 N–H and O–H groups in total. The monoisotopic (exact) mass is 386 g/mol. The molecule has 0 aliphatic carbocycles. The number of halogens is 2. The molecule has 0 bridgehead atoms. The summed E-state index contributed by atoms with van der Waals surface area (Å²) in [5.41, 5.74) is 1.70. The van der Waals surface area contributed by atoms with Crippen LogP contribution < -0.4 is 4.83 Å². The number of sulfonamides is 1. The van der Waals surface area contributed by atoms with Crippen LogP contribution in [-0.2, 0) is 10.0 Å². The van der Waals surface area contributed by atoms with Gasteiger partial charge in [-0.2, -0.15) is 13.5 Å². The van der Waals surface area contributed by atoms with E-state index in [0.717, 1.165) is 10.0 Å². The molecule has 0 unspecified atom stereocenters. The topological polar surface area (TPSA) is 58.5 Å². The lowest BCUT2D eigenvalue weighted by molar-refractivity contribution is 0.584. The van der Waals surface area contributed by atoms with Gasteiger partial charge in [-0.1, -0.05) is 51.3 Å². The van der Waals surface area contributed by atoms with Crippen LogP contribution in [0.2, 0.25) is 5.02 Å². The Bertz CT molecular complexity index is 774. The second kappa shape index (κ2) is 6.60. The molecular formula is C14H12BrClN2O2S. The van der Waals surface area contributed by atoms with Crippen LogP contribution in [0.3, 0.4) is 0 Å². The molecule has 110 valence electrons. The smallest absolute Gasteiger partial charge is 0.200 e. The van der Waals surface area contributed by atoms with Gasteiger partial charge in [-0.05, 0) is 31.2 Å². The van der Waals surface area contributed by atoms with E-state index >= 15 is 0 Å². The third-order valence-electron chi connectivity index (χ3n) is 2.67. The maximum atomic E-state index is 12.0. The minimum Gasteiger partial charge on any atom is -0.200 e. The molecule has 0 amide bonds. The Morgan fingerprint density at radius 1 is 1.19 bits per heavy atom. The lowest BCUT2D eigenvalue weighted by atomic mass is 10.2. The highest BCUT2D eigenvalue weighted by Crippen LogP contribution is 2.20. The third-order valence-corrected chi connectivity index (χ3v) is 4.83. The van der Waals surface area contributed by atoms with E-state index in [9.17, 15) is 8.42 Å². The van der Waals surface area contributed by atoms with Gasteiger partial charge < -0.3 is 0 Å². The Morgan fingerprint density at radius 2 is 1.86 bits per heavy atom. The quantitative estimate of drug-likeness (QED) is 0.642. The molecule has 2 aromatic carbocycles. The van der Waals surface area contributed by atoms with Gasteiger partial charge in [-0.15, -0.1) is 0 Å². The van der Waals surface area contributed by atoms with Crippen LogP contribution in [0.15, 0.2) is 56.9 Å². The number of rotatable bonds is 4. The van der Waals surface area contributed by atoms with Gasteiger partial charge >= 0.3 is 0 Å². The van der Waals surface area contributed by atoms with Crippen LogP contribution in [0.5, 0.6) is 0 Å². The average Bonchev–Trinajstić information content (AvgIpc) is 2.41. The lowest BCUT2D eigenvalue weighted by Gasteiger charge is -2.04. The van der Waals surface area contributed by atoms with E-state index in [4.69, 9.17) is 11.6 Å². The third kappa shape index (κ3) is 4.30. The maximum Gasteiger partial charge on any atom is 0.276 e. The highest BCUT2D eigenvalue weighted by molar-refractivity contribution is 9.10. The van der Waals surface area contributed by atoms with Crippen molar-refractivity contribution in [1.29, 1.82) is 0 Å². The van der Waals surface area contributed by atoms with Crippen LogP contribution in [0.1, 0.15) is 11.1 Å². The molecule has 0 aromatic heterocycles. The van der Waals surface area contributed by atoms with Crippen LogP contribution in [0.4, 0.5) is 0 Å². The molecule has 4 nitrogen and oxygen atoms in total. The minimum absolute atomic E-state index is 0.167. The average molecular weight is 388 g/mol. The van der Waals surface area contributed by atoms with Crippen molar-refractivity contribution < 1.29 is 8.42 Å². The van der Waals surface area contributed by atoms with Crippen molar-refractivity contribution in [3.63, 3.8) is 0 Å². The molecule has 0 saturated heterocycles. The number of hydrogen-bond acceptors (Lipinski definition) is 3. The van der Waals surface area contributed by atoms with Gasteiger partial charge in [0.2, 0.25) is 0 Å². The molecule has 0 heterocycles. The number of aryl methyl sites for hydroxylation is 1. The van der Waals surface area contributed by atoms with E-state index in [1.54, 1.807) is 30.3 Å². The van der Waals surface area contributed by atoms with Crippen molar-refractivity contribution in [2.24, 2.45) is 5.10 Å². The summed E-state index contributed by atoms with van der Waals surface area (Å²) in [5, 5.41) is 4.35. The molecule has 0 aliphatic rings. The summed E-state index contributed by atoms with van der Waals surface area (Å²) in [7, 11) is -3.66. The second-order valence-electron chi connectivity index (χ2n) is 4.33.